The van der Waals surface area contributed by atoms with E-state index in [-0.39, 0.29) is 18.2 Å². The first-order chi connectivity index (χ1) is 13.7. The van der Waals surface area contributed by atoms with E-state index < -0.39 is 35.2 Å². The van der Waals surface area contributed by atoms with E-state index in [0.717, 1.165) is 0 Å². The third-order valence-electron chi connectivity index (χ3n) is 4.02. The Labute approximate surface area is 180 Å². The van der Waals surface area contributed by atoms with E-state index in [1.165, 1.54) is 7.11 Å². The molecule has 0 saturated heterocycles. The Morgan fingerprint density at radius 2 is 1.57 bits per heavy atom. The highest BCUT2D eigenvalue weighted by Crippen LogP contribution is 2.10. The molecule has 1 atom stereocenters. The number of hydrogen-bond donors (Lipinski definition) is 3. The van der Waals surface area contributed by atoms with E-state index in [0.29, 0.717) is 25.8 Å². The Morgan fingerprint density at radius 3 is 2.07 bits per heavy atom. The van der Waals surface area contributed by atoms with Gasteiger partial charge in [0.15, 0.2) is 0 Å². The van der Waals surface area contributed by atoms with Crippen molar-refractivity contribution in [1.29, 1.82) is 0 Å². The first-order valence-corrected chi connectivity index (χ1v) is 10.3. The molecule has 0 spiro atoms. The largest absolute Gasteiger partial charge is 0.467 e. The molecule has 0 aliphatic rings. The summed E-state index contributed by atoms with van der Waals surface area (Å²) in [6.45, 7) is 12.8. The normalized spacial score (nSPS) is 12.7. The van der Waals surface area contributed by atoms with Gasteiger partial charge >= 0.3 is 12.1 Å². The van der Waals surface area contributed by atoms with Gasteiger partial charge in [-0.15, -0.1) is 0 Å². The van der Waals surface area contributed by atoms with E-state index in [4.69, 9.17) is 9.47 Å². The van der Waals surface area contributed by atoms with Crippen LogP contribution in [0, 0.1) is 5.92 Å². The second-order valence-corrected chi connectivity index (χ2v) is 9.24. The zero-order valence-corrected chi connectivity index (χ0v) is 19.6. The third-order valence-corrected chi connectivity index (χ3v) is 4.02. The van der Waals surface area contributed by atoms with Crippen molar-refractivity contribution in [1.82, 2.24) is 16.0 Å². The average Bonchev–Trinajstić information content (AvgIpc) is 2.57. The van der Waals surface area contributed by atoms with Crippen LogP contribution in [0.2, 0.25) is 0 Å². The van der Waals surface area contributed by atoms with E-state index in [9.17, 15) is 19.2 Å². The molecule has 0 fully saturated rings. The van der Waals surface area contributed by atoms with Gasteiger partial charge in [-0.3, -0.25) is 9.59 Å². The predicted molar refractivity (Wildman–Crippen MR) is 114 cm³/mol. The fourth-order valence-electron chi connectivity index (χ4n) is 2.55. The number of nitrogens with one attached hydrogen (secondary N) is 3. The Bertz CT molecular complexity index is 596. The summed E-state index contributed by atoms with van der Waals surface area (Å²) in [6.07, 6.45) is 1.29. The molecule has 0 aromatic rings. The Hall–Kier alpha value is -2.32. The van der Waals surface area contributed by atoms with Gasteiger partial charge < -0.3 is 25.4 Å². The highest BCUT2D eigenvalue weighted by Gasteiger charge is 2.33. The predicted octanol–water partition coefficient (Wildman–Crippen LogP) is 2.28. The lowest BCUT2D eigenvalue weighted by atomic mass is 10.00. The summed E-state index contributed by atoms with van der Waals surface area (Å²) in [4.78, 5) is 48.2. The lowest BCUT2D eigenvalue weighted by Crippen LogP contribution is -2.58. The van der Waals surface area contributed by atoms with Crippen LogP contribution >= 0.6 is 0 Å². The first-order valence-electron chi connectivity index (χ1n) is 10.3. The molecule has 9 heteroatoms. The molecular weight excluding hydrogens is 390 g/mol. The molecule has 174 valence electrons. The maximum atomic E-state index is 12.6. The smallest absolute Gasteiger partial charge is 0.407 e. The molecule has 0 radical (unpaired) electrons. The van der Waals surface area contributed by atoms with Gasteiger partial charge in [-0.05, 0) is 59.8 Å². The number of hydrogen-bond acceptors (Lipinski definition) is 6. The number of carbonyl (C=O) groups excluding carboxylic acids is 4. The minimum Gasteiger partial charge on any atom is -0.467 e. The maximum Gasteiger partial charge on any atom is 0.407 e. The van der Waals surface area contributed by atoms with Crippen LogP contribution in [0.15, 0.2) is 0 Å². The minimum atomic E-state index is -1.19. The van der Waals surface area contributed by atoms with Gasteiger partial charge in [0.05, 0.1) is 7.11 Å². The summed E-state index contributed by atoms with van der Waals surface area (Å²) in [5, 5.41) is 7.98. The van der Waals surface area contributed by atoms with E-state index >= 15 is 0 Å². The molecule has 0 rings (SSSR count). The van der Waals surface area contributed by atoms with E-state index in [2.05, 4.69) is 16.0 Å². The Morgan fingerprint density at radius 1 is 0.967 bits per heavy atom. The number of unbranched alkanes of at least 4 members (excludes halogenated alkanes) is 1. The van der Waals surface area contributed by atoms with Crippen molar-refractivity contribution >= 4 is 23.9 Å². The molecule has 0 saturated carbocycles. The van der Waals surface area contributed by atoms with Crippen molar-refractivity contribution in [2.24, 2.45) is 5.92 Å². The number of ether oxygens (including phenoxy) is 2. The van der Waals surface area contributed by atoms with Crippen molar-refractivity contribution in [3.8, 4) is 0 Å². The lowest BCUT2D eigenvalue weighted by molar-refractivity contribution is -0.146. The number of alkyl carbamates (subject to hydrolysis) is 1. The summed E-state index contributed by atoms with van der Waals surface area (Å²) in [7, 11) is 1.27. The topological polar surface area (TPSA) is 123 Å². The van der Waals surface area contributed by atoms with E-state index in [1.807, 2.05) is 13.8 Å². The molecule has 0 bridgehead atoms. The number of carbonyl (C=O) groups is 4. The fourth-order valence-corrected chi connectivity index (χ4v) is 2.55. The molecular formula is C21H39N3O6. The molecule has 0 aliphatic carbocycles. The monoisotopic (exact) mass is 429 g/mol. The van der Waals surface area contributed by atoms with Gasteiger partial charge in [-0.1, -0.05) is 13.8 Å². The standard InChI is InChI=1S/C21H39N3O6/c1-14(2)13-15(17(26)29-8)23-18(27)21(6,7)24-16(25)11-9-10-12-22-19(28)30-20(3,4)5/h14-15H,9-13H2,1-8H3,(H,22,28)(H,23,27)(H,24,25)/t15-/m0/s1. The van der Waals surface area contributed by atoms with Crippen LogP contribution in [0.4, 0.5) is 4.79 Å². The SMILES string of the molecule is COC(=O)[C@H](CC(C)C)NC(=O)C(C)(C)NC(=O)CCCCNC(=O)OC(C)(C)C. The molecule has 30 heavy (non-hydrogen) atoms. The van der Waals surface area contributed by atoms with Crippen LogP contribution in [-0.4, -0.2) is 54.7 Å². The molecule has 0 aliphatic heterocycles. The molecule has 3 amide bonds. The van der Waals surface area contributed by atoms with Crippen LogP contribution in [0.25, 0.3) is 0 Å². The van der Waals surface area contributed by atoms with Crippen LogP contribution in [0.1, 0.15) is 74.1 Å². The van der Waals surface area contributed by atoms with Crippen molar-refractivity contribution < 1.29 is 28.7 Å². The maximum absolute atomic E-state index is 12.6. The lowest BCUT2D eigenvalue weighted by Gasteiger charge is -2.28. The van der Waals surface area contributed by atoms with Crippen molar-refractivity contribution in [2.75, 3.05) is 13.7 Å². The van der Waals surface area contributed by atoms with Gasteiger partial charge in [0.25, 0.3) is 0 Å². The van der Waals surface area contributed by atoms with Crippen molar-refractivity contribution in [2.45, 2.75) is 91.3 Å². The Balaban J connectivity index is 4.42. The molecule has 0 heterocycles. The first kappa shape index (κ1) is 27.7. The van der Waals surface area contributed by atoms with Crippen LogP contribution in [0.3, 0.4) is 0 Å². The van der Waals surface area contributed by atoms with Gasteiger partial charge in [0.2, 0.25) is 11.8 Å². The second-order valence-electron chi connectivity index (χ2n) is 9.24. The molecule has 0 aromatic heterocycles. The van der Waals surface area contributed by atoms with Crippen LogP contribution in [-0.2, 0) is 23.9 Å². The van der Waals surface area contributed by atoms with Crippen LogP contribution < -0.4 is 16.0 Å². The third kappa shape index (κ3) is 12.3. The average molecular weight is 430 g/mol. The van der Waals surface area contributed by atoms with Crippen LogP contribution in [0.5, 0.6) is 0 Å². The summed E-state index contributed by atoms with van der Waals surface area (Å²) in [5.74, 6) is -1.08. The number of methoxy groups -OCH3 is 1. The quantitative estimate of drug-likeness (QED) is 0.342. The molecule has 0 unspecified atom stereocenters. The molecule has 3 N–H and O–H groups in total. The number of esters is 1. The van der Waals surface area contributed by atoms with Gasteiger partial charge in [0.1, 0.15) is 17.2 Å². The van der Waals surface area contributed by atoms with Gasteiger partial charge in [-0.2, -0.15) is 0 Å². The fraction of sp³-hybridized carbons (Fsp3) is 0.810. The zero-order valence-electron chi connectivity index (χ0n) is 19.6. The summed E-state index contributed by atoms with van der Waals surface area (Å²) >= 11 is 0. The second kappa shape index (κ2) is 12.4. The highest BCUT2D eigenvalue weighted by atomic mass is 16.6. The van der Waals surface area contributed by atoms with Crippen molar-refractivity contribution in [3.05, 3.63) is 0 Å². The highest BCUT2D eigenvalue weighted by molar-refractivity contribution is 5.93. The minimum absolute atomic E-state index is 0.182. The molecule has 9 nitrogen and oxygen atoms in total. The Kier molecular flexibility index (Phi) is 11.4. The summed E-state index contributed by atoms with van der Waals surface area (Å²) < 4.78 is 9.88. The van der Waals surface area contributed by atoms with Gasteiger partial charge in [0, 0.05) is 13.0 Å². The van der Waals surface area contributed by atoms with E-state index in [1.54, 1.807) is 34.6 Å². The molecule has 0 aromatic carbocycles. The number of rotatable bonds is 11. The summed E-state index contributed by atoms with van der Waals surface area (Å²) in [5.41, 5.74) is -1.74. The number of amides is 3. The zero-order chi connectivity index (χ0) is 23.5. The summed E-state index contributed by atoms with van der Waals surface area (Å²) in [6, 6.07) is -0.766. The van der Waals surface area contributed by atoms with Gasteiger partial charge in [-0.25, -0.2) is 9.59 Å². The van der Waals surface area contributed by atoms with Crippen molar-refractivity contribution in [3.63, 3.8) is 0 Å².